The monoisotopic (exact) mass is 558 g/mol. The summed E-state index contributed by atoms with van der Waals surface area (Å²) in [5, 5.41) is 2.95. The van der Waals surface area contributed by atoms with Gasteiger partial charge in [0.2, 0.25) is 21.9 Å². The molecule has 0 radical (unpaired) electrons. The van der Waals surface area contributed by atoms with Crippen molar-refractivity contribution >= 4 is 45.1 Å². The lowest BCUT2D eigenvalue weighted by Crippen LogP contribution is -2.38. The molecule has 1 amide bonds. The minimum atomic E-state index is -4.02. The SMILES string of the molecule is C=CCN(CC(=O)Nc1nc(-c2ccccc2)cn1-c1ccc(F)c(Cl)c1)S(=O)(=O)c1ccc(Cl)cc1. The zero-order chi connectivity index (χ0) is 26.6. The molecule has 3 aromatic carbocycles. The van der Waals surface area contributed by atoms with Crippen molar-refractivity contribution in [3.63, 3.8) is 0 Å². The number of imidazole rings is 1. The van der Waals surface area contributed by atoms with Gasteiger partial charge >= 0.3 is 0 Å². The number of benzene rings is 3. The van der Waals surface area contributed by atoms with Gasteiger partial charge in [0.05, 0.1) is 27.8 Å². The highest BCUT2D eigenvalue weighted by Gasteiger charge is 2.26. The maximum absolute atomic E-state index is 13.8. The maximum atomic E-state index is 13.8. The van der Waals surface area contributed by atoms with Crippen LogP contribution in [0.4, 0.5) is 10.3 Å². The molecule has 1 N–H and O–H groups in total. The first kappa shape index (κ1) is 26.6. The van der Waals surface area contributed by atoms with Crippen LogP contribution in [0, 0.1) is 5.82 Å². The van der Waals surface area contributed by atoms with Crippen LogP contribution in [-0.2, 0) is 14.8 Å². The van der Waals surface area contributed by atoms with Crippen LogP contribution in [0.15, 0.2) is 96.5 Å². The summed E-state index contributed by atoms with van der Waals surface area (Å²) in [6, 6.07) is 19.0. The Labute approximate surface area is 223 Å². The van der Waals surface area contributed by atoms with Crippen LogP contribution in [0.2, 0.25) is 10.0 Å². The molecule has 0 fully saturated rings. The number of anilines is 1. The standard InChI is InChI=1S/C26H21Cl2FN4O3S/c1-2-14-32(37(35,36)21-11-8-19(27)9-12-21)17-25(34)31-26-30-24(18-6-4-3-5-7-18)16-33(26)20-10-13-23(29)22(28)15-20/h2-13,15-16H,1,14,17H2,(H,30,31,34). The molecule has 4 aromatic rings. The van der Waals surface area contributed by atoms with Crippen LogP contribution < -0.4 is 5.32 Å². The van der Waals surface area contributed by atoms with Crippen molar-refractivity contribution in [2.24, 2.45) is 0 Å². The summed E-state index contributed by atoms with van der Waals surface area (Å²) in [5.41, 5.74) is 1.77. The molecule has 1 heterocycles. The van der Waals surface area contributed by atoms with Crippen molar-refractivity contribution in [3.05, 3.63) is 108 Å². The van der Waals surface area contributed by atoms with Crippen molar-refractivity contribution in [2.45, 2.75) is 4.90 Å². The Kier molecular flexibility index (Phi) is 8.09. The Morgan fingerprint density at radius 2 is 1.78 bits per heavy atom. The first-order valence-electron chi connectivity index (χ1n) is 11.0. The average Bonchev–Trinajstić information content (AvgIpc) is 3.30. The number of hydrogen-bond donors (Lipinski definition) is 1. The lowest BCUT2D eigenvalue weighted by molar-refractivity contribution is -0.116. The van der Waals surface area contributed by atoms with Crippen molar-refractivity contribution in [3.8, 4) is 16.9 Å². The van der Waals surface area contributed by atoms with Crippen molar-refractivity contribution in [1.82, 2.24) is 13.9 Å². The predicted octanol–water partition coefficient (Wildman–Crippen LogP) is 5.80. The number of carbonyl (C=O) groups excluding carboxylic acids is 1. The Hall–Kier alpha value is -3.50. The normalized spacial score (nSPS) is 11.5. The molecule has 0 unspecified atom stereocenters. The van der Waals surface area contributed by atoms with Crippen LogP contribution in [0.3, 0.4) is 0 Å². The number of halogens is 3. The molecule has 190 valence electrons. The second-order valence-corrected chi connectivity index (χ2v) is 10.7. The Morgan fingerprint density at radius 1 is 1.08 bits per heavy atom. The molecule has 0 aliphatic heterocycles. The van der Waals surface area contributed by atoms with E-state index in [4.69, 9.17) is 23.2 Å². The van der Waals surface area contributed by atoms with E-state index >= 15 is 0 Å². The molecular weight excluding hydrogens is 538 g/mol. The van der Waals surface area contributed by atoms with Gasteiger partial charge in [0, 0.05) is 23.3 Å². The summed E-state index contributed by atoms with van der Waals surface area (Å²) < 4.78 is 42.6. The number of rotatable bonds is 9. The van der Waals surface area contributed by atoms with Gasteiger partial charge in [-0.25, -0.2) is 17.8 Å². The Balaban J connectivity index is 1.65. The van der Waals surface area contributed by atoms with E-state index in [1.807, 2.05) is 30.3 Å². The quantitative estimate of drug-likeness (QED) is 0.263. The Morgan fingerprint density at radius 3 is 2.43 bits per heavy atom. The summed E-state index contributed by atoms with van der Waals surface area (Å²) in [7, 11) is -4.02. The molecule has 0 saturated heterocycles. The van der Waals surface area contributed by atoms with E-state index in [1.165, 1.54) is 53.1 Å². The van der Waals surface area contributed by atoms with Gasteiger partial charge < -0.3 is 0 Å². The van der Waals surface area contributed by atoms with Gasteiger partial charge in [-0.2, -0.15) is 4.31 Å². The molecule has 4 rings (SSSR count). The summed E-state index contributed by atoms with van der Waals surface area (Å²) in [5.74, 6) is -1.13. The second-order valence-electron chi connectivity index (χ2n) is 7.87. The van der Waals surface area contributed by atoms with Crippen LogP contribution in [0.25, 0.3) is 16.9 Å². The molecule has 0 saturated carbocycles. The molecule has 0 aliphatic rings. The molecule has 0 atom stereocenters. The molecule has 0 spiro atoms. The lowest BCUT2D eigenvalue weighted by Gasteiger charge is -2.20. The predicted molar refractivity (Wildman–Crippen MR) is 143 cm³/mol. The summed E-state index contributed by atoms with van der Waals surface area (Å²) in [4.78, 5) is 17.6. The van der Waals surface area contributed by atoms with Crippen LogP contribution in [0.1, 0.15) is 0 Å². The van der Waals surface area contributed by atoms with Gasteiger partial charge in [0.1, 0.15) is 5.82 Å². The highest BCUT2D eigenvalue weighted by molar-refractivity contribution is 7.89. The van der Waals surface area contributed by atoms with E-state index in [1.54, 1.807) is 6.20 Å². The van der Waals surface area contributed by atoms with Crippen molar-refractivity contribution in [1.29, 1.82) is 0 Å². The molecule has 0 bridgehead atoms. The Bertz CT molecular complexity index is 1540. The number of hydrogen-bond acceptors (Lipinski definition) is 4. The van der Waals surface area contributed by atoms with Crippen molar-refractivity contribution in [2.75, 3.05) is 18.4 Å². The molecule has 7 nitrogen and oxygen atoms in total. The topological polar surface area (TPSA) is 84.3 Å². The van der Waals surface area contributed by atoms with Crippen LogP contribution in [0.5, 0.6) is 0 Å². The van der Waals surface area contributed by atoms with E-state index in [9.17, 15) is 17.6 Å². The van der Waals surface area contributed by atoms with E-state index < -0.39 is 28.3 Å². The fourth-order valence-corrected chi connectivity index (χ4v) is 5.19. The van der Waals surface area contributed by atoms with Crippen LogP contribution >= 0.6 is 23.2 Å². The van der Waals surface area contributed by atoms with Gasteiger partial charge in [0.25, 0.3) is 0 Å². The first-order valence-corrected chi connectivity index (χ1v) is 13.2. The fraction of sp³-hybridized carbons (Fsp3) is 0.0769. The van der Waals surface area contributed by atoms with Crippen molar-refractivity contribution < 1.29 is 17.6 Å². The van der Waals surface area contributed by atoms with E-state index in [0.717, 1.165) is 9.87 Å². The first-order chi connectivity index (χ1) is 17.7. The zero-order valence-corrected chi connectivity index (χ0v) is 21.6. The maximum Gasteiger partial charge on any atom is 0.243 e. The molecular formula is C26H21Cl2FN4O3S. The third kappa shape index (κ3) is 6.08. The van der Waals surface area contributed by atoms with E-state index in [2.05, 4.69) is 16.9 Å². The third-order valence-corrected chi connectivity index (χ3v) is 7.68. The minimum Gasteiger partial charge on any atom is -0.294 e. The number of nitrogens with zero attached hydrogens (tertiary/aromatic N) is 3. The van der Waals surface area contributed by atoms with Gasteiger partial charge in [-0.3, -0.25) is 14.7 Å². The summed E-state index contributed by atoms with van der Waals surface area (Å²) in [6.07, 6.45) is 3.05. The molecule has 11 heteroatoms. The molecule has 1 aromatic heterocycles. The van der Waals surface area contributed by atoms with Gasteiger partial charge in [-0.1, -0.05) is 59.6 Å². The van der Waals surface area contributed by atoms with Gasteiger partial charge in [0.15, 0.2) is 0 Å². The highest BCUT2D eigenvalue weighted by atomic mass is 35.5. The average molecular weight is 559 g/mol. The number of carbonyl (C=O) groups is 1. The van der Waals surface area contributed by atoms with Crippen LogP contribution in [-0.4, -0.2) is 41.3 Å². The smallest absolute Gasteiger partial charge is 0.243 e. The van der Waals surface area contributed by atoms with E-state index in [0.29, 0.717) is 16.4 Å². The number of amides is 1. The lowest BCUT2D eigenvalue weighted by atomic mass is 10.2. The fourth-order valence-electron chi connectivity index (χ4n) is 3.52. The summed E-state index contributed by atoms with van der Waals surface area (Å²) >= 11 is 11.9. The van der Waals surface area contributed by atoms with E-state index in [-0.39, 0.29) is 22.4 Å². The number of sulfonamides is 1. The minimum absolute atomic E-state index is 0.0135. The number of nitrogens with one attached hydrogen (secondary N) is 1. The van der Waals surface area contributed by atoms with Gasteiger partial charge in [-0.15, -0.1) is 6.58 Å². The summed E-state index contributed by atoms with van der Waals surface area (Å²) in [6.45, 7) is 2.99. The largest absolute Gasteiger partial charge is 0.294 e. The third-order valence-electron chi connectivity index (χ3n) is 5.31. The van der Waals surface area contributed by atoms with Gasteiger partial charge in [-0.05, 0) is 42.5 Å². The highest BCUT2D eigenvalue weighted by Crippen LogP contribution is 2.27. The molecule has 0 aliphatic carbocycles. The second kappa shape index (κ2) is 11.3. The number of aromatic nitrogens is 2. The zero-order valence-electron chi connectivity index (χ0n) is 19.3. The molecule has 37 heavy (non-hydrogen) atoms.